The number of phenolic OH excluding ortho intramolecular Hbond substituents is 1. The van der Waals surface area contributed by atoms with Crippen molar-refractivity contribution in [3.63, 3.8) is 0 Å². The Morgan fingerprint density at radius 2 is 1.94 bits per heavy atom. The Labute approximate surface area is 198 Å². The van der Waals surface area contributed by atoms with Crippen LogP contribution < -0.4 is 10.6 Å². The Hall–Kier alpha value is -3.03. The van der Waals surface area contributed by atoms with E-state index < -0.39 is 0 Å². The molecule has 1 saturated heterocycles. The maximum atomic E-state index is 11.8. The number of carbonyl (C=O) groups excluding carboxylic acids is 1. The zero-order chi connectivity index (χ0) is 23.2. The highest BCUT2D eigenvalue weighted by Gasteiger charge is 2.32. The fourth-order valence-corrected chi connectivity index (χ4v) is 4.93. The van der Waals surface area contributed by atoms with Crippen molar-refractivity contribution < 1.29 is 9.90 Å². The molecule has 1 unspecified atom stereocenters. The van der Waals surface area contributed by atoms with Gasteiger partial charge in [-0.3, -0.25) is 4.79 Å². The van der Waals surface area contributed by atoms with E-state index in [1.165, 1.54) is 37.0 Å². The minimum Gasteiger partial charge on any atom is -0.508 e. The SMILES string of the molecule is CCCCCCNc1ccc(N=Nc2sc(C=O)c(-c3ccc(O)cc3)c2C2CN2)cc1C. The van der Waals surface area contributed by atoms with Crippen LogP contribution in [0.4, 0.5) is 16.4 Å². The van der Waals surface area contributed by atoms with Gasteiger partial charge in [-0.05, 0) is 54.8 Å². The van der Waals surface area contributed by atoms with E-state index in [4.69, 9.17) is 0 Å². The lowest BCUT2D eigenvalue weighted by Gasteiger charge is -2.09. The molecule has 0 amide bonds. The average molecular weight is 463 g/mol. The minimum atomic E-state index is 0.161. The molecule has 2 aromatic carbocycles. The highest BCUT2D eigenvalue weighted by Crippen LogP contribution is 2.47. The zero-order valence-electron chi connectivity index (χ0n) is 19.1. The molecule has 4 rings (SSSR count). The van der Waals surface area contributed by atoms with Crippen LogP contribution in [0.5, 0.6) is 5.75 Å². The number of hydrogen-bond acceptors (Lipinski definition) is 7. The number of hydrogen-bond donors (Lipinski definition) is 3. The van der Waals surface area contributed by atoms with E-state index in [0.29, 0.717) is 4.88 Å². The fourth-order valence-electron chi connectivity index (χ4n) is 3.91. The number of aromatic hydroxyl groups is 1. The van der Waals surface area contributed by atoms with Crippen LogP contribution in [0, 0.1) is 6.92 Å². The van der Waals surface area contributed by atoms with E-state index in [0.717, 1.165) is 58.0 Å². The number of carbonyl (C=O) groups is 1. The summed E-state index contributed by atoms with van der Waals surface area (Å²) >= 11 is 1.35. The van der Waals surface area contributed by atoms with Gasteiger partial charge in [-0.25, -0.2) is 0 Å². The van der Waals surface area contributed by atoms with Gasteiger partial charge in [0.2, 0.25) is 0 Å². The Balaban J connectivity index is 1.55. The molecular formula is C26H30N4O2S. The van der Waals surface area contributed by atoms with Crippen molar-refractivity contribution in [1.82, 2.24) is 5.32 Å². The zero-order valence-corrected chi connectivity index (χ0v) is 19.9. The third-order valence-corrected chi connectivity index (χ3v) is 6.80. The molecule has 1 aromatic heterocycles. The summed E-state index contributed by atoms with van der Waals surface area (Å²) in [5, 5.41) is 26.3. The summed E-state index contributed by atoms with van der Waals surface area (Å²) in [4.78, 5) is 12.5. The summed E-state index contributed by atoms with van der Waals surface area (Å²) in [7, 11) is 0. The van der Waals surface area contributed by atoms with Crippen LogP contribution in [0.15, 0.2) is 52.7 Å². The highest BCUT2D eigenvalue weighted by atomic mass is 32.1. The Morgan fingerprint density at radius 1 is 1.15 bits per heavy atom. The van der Waals surface area contributed by atoms with Crippen molar-refractivity contribution in [2.75, 3.05) is 18.4 Å². The molecule has 6 nitrogen and oxygen atoms in total. The standard InChI is InChI=1S/C26H30N4O2S/c1-3-4-5-6-13-27-21-12-9-19(14-17(21)2)29-30-26-25(22-15-28-22)24(23(16-31)33-26)18-7-10-20(32)11-8-18/h7-12,14,16,22,27-28,32H,3-6,13,15H2,1-2H3. The smallest absolute Gasteiger partial charge is 0.160 e. The number of aldehydes is 1. The Bertz CT molecular complexity index is 1130. The van der Waals surface area contributed by atoms with Gasteiger partial charge in [-0.15, -0.1) is 21.6 Å². The van der Waals surface area contributed by atoms with Crippen LogP contribution >= 0.6 is 11.3 Å². The fraction of sp³-hybridized carbons (Fsp3) is 0.346. The number of nitrogens with zero attached hydrogens (tertiary/aromatic N) is 2. The van der Waals surface area contributed by atoms with E-state index in [-0.39, 0.29) is 11.8 Å². The normalized spacial score (nSPS) is 15.2. The number of rotatable bonds is 11. The predicted molar refractivity (Wildman–Crippen MR) is 136 cm³/mol. The second-order valence-corrected chi connectivity index (χ2v) is 9.40. The molecule has 33 heavy (non-hydrogen) atoms. The number of phenols is 1. The lowest BCUT2D eigenvalue weighted by Crippen LogP contribution is -2.02. The van der Waals surface area contributed by atoms with Gasteiger partial charge in [0.25, 0.3) is 0 Å². The summed E-state index contributed by atoms with van der Waals surface area (Å²) < 4.78 is 0. The summed E-state index contributed by atoms with van der Waals surface area (Å²) in [6.07, 6.45) is 5.83. The number of azo groups is 1. The number of nitrogens with one attached hydrogen (secondary N) is 2. The molecule has 3 aromatic rings. The molecule has 1 aliphatic heterocycles. The van der Waals surface area contributed by atoms with Crippen LogP contribution in [0.1, 0.15) is 59.4 Å². The molecule has 0 saturated carbocycles. The monoisotopic (exact) mass is 462 g/mol. The molecule has 1 atom stereocenters. The first-order chi connectivity index (χ1) is 16.1. The van der Waals surface area contributed by atoms with Crippen molar-refractivity contribution in [3.8, 4) is 16.9 Å². The summed E-state index contributed by atoms with van der Waals surface area (Å²) in [6, 6.07) is 13.1. The van der Waals surface area contributed by atoms with Crippen molar-refractivity contribution >= 4 is 34.0 Å². The molecule has 1 aliphatic rings. The van der Waals surface area contributed by atoms with Crippen LogP contribution in [0.3, 0.4) is 0 Å². The molecule has 2 heterocycles. The van der Waals surface area contributed by atoms with Gasteiger partial charge in [0, 0.05) is 35.9 Å². The van der Waals surface area contributed by atoms with Gasteiger partial charge in [0.05, 0.1) is 10.6 Å². The topological polar surface area (TPSA) is 96.0 Å². The first kappa shape index (κ1) is 23.1. The molecule has 0 spiro atoms. The van der Waals surface area contributed by atoms with Gasteiger partial charge in [-0.2, -0.15) is 0 Å². The lowest BCUT2D eigenvalue weighted by atomic mass is 9.99. The first-order valence-electron chi connectivity index (χ1n) is 11.5. The average Bonchev–Trinajstić information content (AvgIpc) is 3.59. The quantitative estimate of drug-likeness (QED) is 0.121. The summed E-state index contributed by atoms with van der Waals surface area (Å²) in [5.41, 5.74) is 5.81. The van der Waals surface area contributed by atoms with Gasteiger partial charge < -0.3 is 15.7 Å². The van der Waals surface area contributed by atoms with Gasteiger partial charge >= 0.3 is 0 Å². The minimum absolute atomic E-state index is 0.161. The van der Waals surface area contributed by atoms with Crippen LogP contribution in [-0.2, 0) is 0 Å². The van der Waals surface area contributed by atoms with E-state index >= 15 is 0 Å². The van der Waals surface area contributed by atoms with E-state index in [1.807, 2.05) is 24.3 Å². The van der Waals surface area contributed by atoms with Crippen molar-refractivity contribution in [1.29, 1.82) is 0 Å². The third kappa shape index (κ3) is 5.67. The molecule has 0 aliphatic carbocycles. The number of anilines is 1. The molecule has 0 bridgehead atoms. The number of aryl methyl sites for hydroxylation is 1. The molecule has 1 fully saturated rings. The molecule has 172 valence electrons. The molecule has 3 N–H and O–H groups in total. The van der Waals surface area contributed by atoms with Gasteiger partial charge in [0.1, 0.15) is 10.8 Å². The number of benzene rings is 2. The van der Waals surface area contributed by atoms with Crippen LogP contribution in [-0.4, -0.2) is 24.5 Å². The molecule has 0 radical (unpaired) electrons. The molecular weight excluding hydrogens is 432 g/mol. The predicted octanol–water partition coefficient (Wildman–Crippen LogP) is 7.29. The van der Waals surface area contributed by atoms with Crippen molar-refractivity contribution in [3.05, 3.63) is 58.5 Å². The Morgan fingerprint density at radius 3 is 2.61 bits per heavy atom. The van der Waals surface area contributed by atoms with Crippen LogP contribution in [0.2, 0.25) is 0 Å². The molecule has 7 heteroatoms. The van der Waals surface area contributed by atoms with Gasteiger partial charge in [0.15, 0.2) is 6.29 Å². The number of unbranched alkanes of at least 4 members (excludes halogenated alkanes) is 3. The van der Waals surface area contributed by atoms with Crippen molar-refractivity contribution in [2.24, 2.45) is 10.2 Å². The first-order valence-corrected chi connectivity index (χ1v) is 12.3. The van der Waals surface area contributed by atoms with E-state index in [1.54, 1.807) is 12.1 Å². The maximum absolute atomic E-state index is 11.8. The highest BCUT2D eigenvalue weighted by molar-refractivity contribution is 7.18. The van der Waals surface area contributed by atoms with Crippen LogP contribution in [0.25, 0.3) is 11.1 Å². The maximum Gasteiger partial charge on any atom is 0.160 e. The largest absolute Gasteiger partial charge is 0.508 e. The van der Waals surface area contributed by atoms with Crippen molar-refractivity contribution in [2.45, 2.75) is 45.6 Å². The number of thiophene rings is 1. The second-order valence-electron chi connectivity index (χ2n) is 8.37. The van der Waals surface area contributed by atoms with E-state index in [2.05, 4.69) is 40.8 Å². The Kier molecular flexibility index (Phi) is 7.52. The lowest BCUT2D eigenvalue weighted by molar-refractivity contribution is 0.112. The summed E-state index contributed by atoms with van der Waals surface area (Å²) in [6.45, 7) is 6.12. The van der Waals surface area contributed by atoms with E-state index in [9.17, 15) is 9.90 Å². The third-order valence-electron chi connectivity index (χ3n) is 5.78. The summed E-state index contributed by atoms with van der Waals surface area (Å²) in [5.74, 6) is 0.196. The van der Waals surface area contributed by atoms with Gasteiger partial charge in [-0.1, -0.05) is 38.3 Å². The second kappa shape index (κ2) is 10.7.